The van der Waals surface area contributed by atoms with Crippen LogP contribution >= 0.6 is 0 Å². The molecule has 2 aromatic carbocycles. The number of carbonyl (C=O) groups excluding carboxylic acids is 1. The van der Waals surface area contributed by atoms with Crippen molar-refractivity contribution in [2.75, 3.05) is 18.4 Å². The number of nitrogens with one attached hydrogen (secondary N) is 2. The summed E-state index contributed by atoms with van der Waals surface area (Å²) in [5.74, 6) is 0.465. The maximum atomic E-state index is 14.3. The lowest BCUT2D eigenvalue weighted by Crippen LogP contribution is -2.35. The molecule has 0 saturated carbocycles. The number of benzene rings is 2. The molecule has 35 heavy (non-hydrogen) atoms. The Kier molecular flexibility index (Phi) is 6.33. The summed E-state index contributed by atoms with van der Waals surface area (Å²) in [5, 5.41) is 6.68. The number of amides is 1. The number of carbonyl (C=O) groups is 1. The van der Waals surface area contributed by atoms with Crippen molar-refractivity contribution in [2.24, 2.45) is 11.7 Å². The lowest BCUT2D eigenvalue weighted by atomic mass is 9.93. The quantitative estimate of drug-likeness (QED) is 0.372. The summed E-state index contributed by atoms with van der Waals surface area (Å²) in [4.78, 5) is 20.3. The Morgan fingerprint density at radius 3 is 2.69 bits per heavy atom. The van der Waals surface area contributed by atoms with Crippen LogP contribution < -0.4 is 21.1 Å². The smallest absolute Gasteiger partial charge is 0.251 e. The van der Waals surface area contributed by atoms with Gasteiger partial charge in [-0.05, 0) is 75.2 Å². The number of rotatable bonds is 7. The average molecular weight is 475 g/mol. The van der Waals surface area contributed by atoms with E-state index in [2.05, 4.69) is 27.5 Å². The molecule has 0 spiro atoms. The fourth-order valence-corrected chi connectivity index (χ4v) is 4.47. The summed E-state index contributed by atoms with van der Waals surface area (Å²) in [7, 11) is 0. The summed E-state index contributed by atoms with van der Waals surface area (Å²) in [5.41, 5.74) is 7.67. The number of hydrogen-bond donors (Lipinski definition) is 3. The molecule has 0 bridgehead atoms. The molecule has 1 fully saturated rings. The van der Waals surface area contributed by atoms with Crippen LogP contribution in [0.1, 0.15) is 30.1 Å². The Morgan fingerprint density at radius 1 is 1.20 bits per heavy atom. The van der Waals surface area contributed by atoms with Crippen LogP contribution in [0.25, 0.3) is 16.9 Å². The second-order valence-electron chi connectivity index (χ2n) is 8.73. The van der Waals surface area contributed by atoms with Gasteiger partial charge < -0.3 is 21.1 Å². The standard InChI is InChI=1S/C26H27FN6O2/c1-16(17-8-10-29-11-9-17)35-20-5-3-19(4-6-20)32-25-26-30-12-13-33(26)23(15-31-25)18-2-7-21(24(28)34)22(27)14-18/h2-7,12-17,29H,8-11H2,1H3,(H2,28,34)(H,31,32). The number of imidazole rings is 1. The first-order chi connectivity index (χ1) is 17.0. The van der Waals surface area contributed by atoms with Crippen molar-refractivity contribution in [1.82, 2.24) is 19.7 Å². The van der Waals surface area contributed by atoms with E-state index in [1.165, 1.54) is 12.1 Å². The minimum atomic E-state index is -0.809. The van der Waals surface area contributed by atoms with Gasteiger partial charge in [-0.3, -0.25) is 9.20 Å². The highest BCUT2D eigenvalue weighted by molar-refractivity contribution is 5.93. The number of piperidine rings is 1. The van der Waals surface area contributed by atoms with E-state index in [1.54, 1.807) is 24.7 Å². The zero-order valence-corrected chi connectivity index (χ0v) is 19.4. The van der Waals surface area contributed by atoms with Crippen LogP contribution in [0.15, 0.2) is 61.1 Å². The van der Waals surface area contributed by atoms with E-state index >= 15 is 0 Å². The molecule has 1 aliphatic heterocycles. The number of nitrogens with zero attached hydrogens (tertiary/aromatic N) is 3. The highest BCUT2D eigenvalue weighted by Crippen LogP contribution is 2.28. The maximum Gasteiger partial charge on any atom is 0.251 e. The molecule has 9 heteroatoms. The molecule has 1 aliphatic rings. The first-order valence-electron chi connectivity index (χ1n) is 11.7. The molecular weight excluding hydrogens is 447 g/mol. The third-order valence-electron chi connectivity index (χ3n) is 6.45. The van der Waals surface area contributed by atoms with Crippen molar-refractivity contribution < 1.29 is 13.9 Å². The van der Waals surface area contributed by atoms with Gasteiger partial charge in [-0.1, -0.05) is 6.07 Å². The van der Waals surface area contributed by atoms with Gasteiger partial charge in [0.1, 0.15) is 11.6 Å². The summed E-state index contributed by atoms with van der Waals surface area (Å²) in [6, 6.07) is 12.1. The molecule has 8 nitrogen and oxygen atoms in total. The molecule has 3 heterocycles. The monoisotopic (exact) mass is 474 g/mol. The fourth-order valence-electron chi connectivity index (χ4n) is 4.47. The predicted octanol–water partition coefficient (Wildman–Crippen LogP) is 4.14. The zero-order chi connectivity index (χ0) is 24.4. The summed E-state index contributed by atoms with van der Waals surface area (Å²) >= 11 is 0. The van der Waals surface area contributed by atoms with Crippen LogP contribution in [-0.4, -0.2) is 39.5 Å². The Balaban J connectivity index is 1.34. The maximum absolute atomic E-state index is 14.3. The summed E-state index contributed by atoms with van der Waals surface area (Å²) in [6.07, 6.45) is 7.48. The Morgan fingerprint density at radius 2 is 1.97 bits per heavy atom. The number of fused-ring (bicyclic) bond motifs is 1. The SMILES string of the molecule is CC(Oc1ccc(Nc2ncc(-c3ccc(C(N)=O)c(F)c3)n3ccnc23)cc1)C1CCNCC1. The van der Waals surface area contributed by atoms with E-state index in [1.807, 2.05) is 28.7 Å². The number of primary amides is 1. The molecular formula is C26H27FN6O2. The second-order valence-corrected chi connectivity index (χ2v) is 8.73. The molecule has 1 unspecified atom stereocenters. The topological polar surface area (TPSA) is 107 Å². The molecule has 4 N–H and O–H groups in total. The molecule has 1 amide bonds. The van der Waals surface area contributed by atoms with Gasteiger partial charge in [0.05, 0.1) is 23.6 Å². The van der Waals surface area contributed by atoms with Crippen LogP contribution in [0.5, 0.6) is 5.75 Å². The molecule has 0 radical (unpaired) electrons. The van der Waals surface area contributed by atoms with E-state index in [9.17, 15) is 9.18 Å². The molecule has 4 aromatic rings. The van der Waals surface area contributed by atoms with Gasteiger partial charge in [-0.2, -0.15) is 0 Å². The third kappa shape index (κ3) is 4.81. The van der Waals surface area contributed by atoms with Gasteiger partial charge in [-0.25, -0.2) is 14.4 Å². The van der Waals surface area contributed by atoms with Crippen molar-refractivity contribution >= 4 is 23.1 Å². The van der Waals surface area contributed by atoms with Crippen LogP contribution in [0, 0.1) is 11.7 Å². The number of ether oxygens (including phenoxy) is 1. The highest BCUT2D eigenvalue weighted by Gasteiger charge is 2.21. The van der Waals surface area contributed by atoms with Crippen LogP contribution in [0.2, 0.25) is 0 Å². The molecule has 1 saturated heterocycles. The summed E-state index contributed by atoms with van der Waals surface area (Å²) < 4.78 is 22.3. The number of aromatic nitrogens is 3. The highest BCUT2D eigenvalue weighted by atomic mass is 19.1. The molecule has 0 aliphatic carbocycles. The number of hydrogen-bond acceptors (Lipinski definition) is 6. The lowest BCUT2D eigenvalue weighted by Gasteiger charge is -2.28. The Bertz CT molecular complexity index is 1350. The molecule has 1 atom stereocenters. The fraction of sp³-hybridized carbons (Fsp3) is 0.269. The van der Waals surface area contributed by atoms with E-state index < -0.39 is 11.7 Å². The summed E-state index contributed by atoms with van der Waals surface area (Å²) in [6.45, 7) is 4.22. The van der Waals surface area contributed by atoms with Gasteiger partial charge in [0.2, 0.25) is 0 Å². The van der Waals surface area contributed by atoms with Crippen molar-refractivity contribution in [3.05, 3.63) is 72.4 Å². The largest absolute Gasteiger partial charge is 0.490 e. The van der Waals surface area contributed by atoms with E-state index in [0.29, 0.717) is 28.6 Å². The van der Waals surface area contributed by atoms with Crippen molar-refractivity contribution in [3.63, 3.8) is 0 Å². The van der Waals surface area contributed by atoms with Gasteiger partial charge in [0.15, 0.2) is 11.5 Å². The minimum Gasteiger partial charge on any atom is -0.490 e. The van der Waals surface area contributed by atoms with Crippen LogP contribution in [-0.2, 0) is 0 Å². The Labute approximate surface area is 202 Å². The van der Waals surface area contributed by atoms with E-state index in [4.69, 9.17) is 10.5 Å². The number of nitrogens with two attached hydrogens (primary N) is 1. The first kappa shape index (κ1) is 22.8. The van der Waals surface area contributed by atoms with Gasteiger partial charge >= 0.3 is 0 Å². The third-order valence-corrected chi connectivity index (χ3v) is 6.45. The molecule has 180 valence electrons. The van der Waals surface area contributed by atoms with E-state index in [0.717, 1.165) is 37.4 Å². The van der Waals surface area contributed by atoms with Gasteiger partial charge in [0.25, 0.3) is 5.91 Å². The van der Waals surface area contributed by atoms with Crippen molar-refractivity contribution in [2.45, 2.75) is 25.9 Å². The second kappa shape index (κ2) is 9.71. The molecule has 5 rings (SSSR count). The van der Waals surface area contributed by atoms with Crippen LogP contribution in [0.4, 0.5) is 15.9 Å². The first-order valence-corrected chi connectivity index (χ1v) is 11.7. The zero-order valence-electron chi connectivity index (χ0n) is 19.4. The average Bonchev–Trinajstić information content (AvgIpc) is 3.36. The number of anilines is 2. The normalized spacial score (nSPS) is 15.1. The van der Waals surface area contributed by atoms with E-state index in [-0.39, 0.29) is 11.7 Å². The van der Waals surface area contributed by atoms with Gasteiger partial charge in [-0.15, -0.1) is 0 Å². The van der Waals surface area contributed by atoms with Crippen molar-refractivity contribution in [3.8, 4) is 17.0 Å². The minimum absolute atomic E-state index is 0.153. The van der Waals surface area contributed by atoms with Crippen molar-refractivity contribution in [1.29, 1.82) is 0 Å². The Hall–Kier alpha value is -3.98. The van der Waals surface area contributed by atoms with Crippen LogP contribution in [0.3, 0.4) is 0 Å². The number of halogens is 1. The van der Waals surface area contributed by atoms with Gasteiger partial charge in [0, 0.05) is 23.6 Å². The lowest BCUT2D eigenvalue weighted by molar-refractivity contribution is 0.0996. The predicted molar refractivity (Wildman–Crippen MR) is 132 cm³/mol. The molecule has 2 aromatic heterocycles.